The van der Waals surface area contributed by atoms with Crippen LogP contribution in [-0.4, -0.2) is 35.1 Å². The van der Waals surface area contributed by atoms with Crippen LogP contribution in [0.5, 0.6) is 0 Å². The summed E-state index contributed by atoms with van der Waals surface area (Å²) >= 11 is 0. The highest BCUT2D eigenvalue weighted by Gasteiger charge is 2.31. The summed E-state index contributed by atoms with van der Waals surface area (Å²) in [6, 6.07) is 0. The van der Waals surface area contributed by atoms with Gasteiger partial charge in [0, 0.05) is 12.3 Å². The zero-order valence-corrected chi connectivity index (χ0v) is 8.84. The first-order valence-corrected chi connectivity index (χ1v) is 6.54. The number of aryl methyl sites for hydroxylation is 1. The van der Waals surface area contributed by atoms with Crippen molar-refractivity contribution in [2.75, 3.05) is 11.5 Å². The molecular formula is C8H13N3O2S. The summed E-state index contributed by atoms with van der Waals surface area (Å²) in [6.07, 6.45) is 1.45. The second-order valence-electron chi connectivity index (χ2n) is 3.59. The first-order chi connectivity index (χ1) is 6.61. The van der Waals surface area contributed by atoms with E-state index in [-0.39, 0.29) is 17.4 Å². The number of rotatable bonds is 2. The highest BCUT2D eigenvalue weighted by Crippen LogP contribution is 2.26. The molecule has 1 atom stereocenters. The lowest BCUT2D eigenvalue weighted by molar-refractivity contribution is 0.601. The van der Waals surface area contributed by atoms with Gasteiger partial charge in [0.25, 0.3) is 0 Å². The van der Waals surface area contributed by atoms with E-state index < -0.39 is 9.84 Å². The molecular weight excluding hydrogens is 202 g/mol. The minimum Gasteiger partial charge on any atom is -0.263 e. The molecule has 2 heterocycles. The van der Waals surface area contributed by atoms with Crippen LogP contribution in [0.25, 0.3) is 0 Å². The van der Waals surface area contributed by atoms with E-state index >= 15 is 0 Å². The molecule has 1 aromatic heterocycles. The van der Waals surface area contributed by atoms with E-state index in [1.165, 1.54) is 0 Å². The molecule has 0 spiro atoms. The number of sulfone groups is 1. The SMILES string of the molecule is CCc1nc(C2CCS(=O)(=O)C2)n[nH]1. The van der Waals surface area contributed by atoms with E-state index in [2.05, 4.69) is 15.2 Å². The van der Waals surface area contributed by atoms with Gasteiger partial charge in [0.05, 0.1) is 11.5 Å². The highest BCUT2D eigenvalue weighted by molar-refractivity contribution is 7.91. The van der Waals surface area contributed by atoms with Gasteiger partial charge in [0.1, 0.15) is 5.82 Å². The van der Waals surface area contributed by atoms with Gasteiger partial charge in [-0.2, -0.15) is 5.10 Å². The van der Waals surface area contributed by atoms with Crippen LogP contribution in [-0.2, 0) is 16.3 Å². The Morgan fingerprint density at radius 3 is 2.86 bits per heavy atom. The lowest BCUT2D eigenvalue weighted by Crippen LogP contribution is -2.05. The Balaban J connectivity index is 2.17. The van der Waals surface area contributed by atoms with Gasteiger partial charge in [0.2, 0.25) is 0 Å². The maximum atomic E-state index is 11.2. The molecule has 1 fully saturated rings. The van der Waals surface area contributed by atoms with Crippen LogP contribution in [0.4, 0.5) is 0 Å². The van der Waals surface area contributed by atoms with Crippen molar-refractivity contribution in [2.45, 2.75) is 25.7 Å². The normalized spacial score (nSPS) is 25.4. The van der Waals surface area contributed by atoms with Gasteiger partial charge < -0.3 is 0 Å². The molecule has 0 saturated carbocycles. The highest BCUT2D eigenvalue weighted by atomic mass is 32.2. The van der Waals surface area contributed by atoms with Crippen LogP contribution in [0.1, 0.15) is 30.9 Å². The zero-order valence-electron chi connectivity index (χ0n) is 8.02. The molecule has 1 aliphatic heterocycles. The molecule has 78 valence electrons. The van der Waals surface area contributed by atoms with Gasteiger partial charge in [-0.05, 0) is 6.42 Å². The molecule has 0 amide bonds. The van der Waals surface area contributed by atoms with Crippen molar-refractivity contribution < 1.29 is 8.42 Å². The average Bonchev–Trinajstić information content (AvgIpc) is 2.70. The monoisotopic (exact) mass is 215 g/mol. The van der Waals surface area contributed by atoms with Crippen LogP contribution in [0.3, 0.4) is 0 Å². The average molecular weight is 215 g/mol. The van der Waals surface area contributed by atoms with Crippen LogP contribution in [0.15, 0.2) is 0 Å². The van der Waals surface area contributed by atoms with Gasteiger partial charge in [-0.25, -0.2) is 13.4 Å². The van der Waals surface area contributed by atoms with Crippen molar-refractivity contribution in [1.82, 2.24) is 15.2 Å². The smallest absolute Gasteiger partial charge is 0.154 e. The van der Waals surface area contributed by atoms with E-state index in [4.69, 9.17) is 0 Å². The predicted molar refractivity (Wildman–Crippen MR) is 51.8 cm³/mol. The summed E-state index contributed by atoms with van der Waals surface area (Å²) in [5, 5.41) is 6.84. The Hall–Kier alpha value is -0.910. The lowest BCUT2D eigenvalue weighted by atomic mass is 10.1. The summed E-state index contributed by atoms with van der Waals surface area (Å²) in [5.41, 5.74) is 0. The Morgan fingerprint density at radius 1 is 1.57 bits per heavy atom. The van der Waals surface area contributed by atoms with Crippen LogP contribution in [0.2, 0.25) is 0 Å². The summed E-state index contributed by atoms with van der Waals surface area (Å²) in [6.45, 7) is 1.98. The minimum atomic E-state index is -2.83. The molecule has 0 aromatic carbocycles. The largest absolute Gasteiger partial charge is 0.263 e. The van der Waals surface area contributed by atoms with Crippen molar-refractivity contribution in [2.24, 2.45) is 0 Å². The van der Waals surface area contributed by atoms with Crippen molar-refractivity contribution in [3.8, 4) is 0 Å². The third-order valence-electron chi connectivity index (χ3n) is 2.48. The molecule has 5 nitrogen and oxygen atoms in total. The van der Waals surface area contributed by atoms with Crippen molar-refractivity contribution >= 4 is 9.84 Å². The van der Waals surface area contributed by atoms with Crippen LogP contribution in [0, 0.1) is 0 Å². The first-order valence-electron chi connectivity index (χ1n) is 4.72. The third kappa shape index (κ3) is 1.79. The maximum absolute atomic E-state index is 11.2. The summed E-state index contributed by atoms with van der Waals surface area (Å²) in [4.78, 5) is 4.25. The molecule has 0 aliphatic carbocycles. The molecule has 14 heavy (non-hydrogen) atoms. The Kier molecular flexibility index (Phi) is 2.30. The quantitative estimate of drug-likeness (QED) is 0.768. The summed E-state index contributed by atoms with van der Waals surface area (Å²) in [7, 11) is -2.83. The molecule has 1 unspecified atom stereocenters. The van der Waals surface area contributed by atoms with Gasteiger partial charge >= 0.3 is 0 Å². The van der Waals surface area contributed by atoms with Crippen LogP contribution < -0.4 is 0 Å². The van der Waals surface area contributed by atoms with Gasteiger partial charge in [-0.1, -0.05) is 6.92 Å². The van der Waals surface area contributed by atoms with Crippen LogP contribution >= 0.6 is 0 Å². The second-order valence-corrected chi connectivity index (χ2v) is 5.82. The molecule has 1 N–H and O–H groups in total. The van der Waals surface area contributed by atoms with Gasteiger partial charge in [0.15, 0.2) is 15.7 Å². The molecule has 0 radical (unpaired) electrons. The van der Waals surface area contributed by atoms with E-state index in [9.17, 15) is 8.42 Å². The fourth-order valence-electron chi connectivity index (χ4n) is 1.65. The predicted octanol–water partition coefficient (Wildman–Crippen LogP) is 0.269. The van der Waals surface area contributed by atoms with E-state index in [0.717, 1.165) is 12.2 Å². The minimum absolute atomic E-state index is 0.00319. The molecule has 0 bridgehead atoms. The summed E-state index contributed by atoms with van der Waals surface area (Å²) < 4.78 is 22.4. The Bertz CT molecular complexity index is 424. The standard InChI is InChI=1S/C8H13N3O2S/c1-2-7-9-8(11-10-7)6-3-4-14(12,13)5-6/h6H,2-5H2,1H3,(H,9,10,11). The van der Waals surface area contributed by atoms with Crippen molar-refractivity contribution in [3.63, 3.8) is 0 Å². The first kappa shape index (κ1) is 9.64. The Morgan fingerprint density at radius 2 is 2.36 bits per heavy atom. The zero-order chi connectivity index (χ0) is 10.2. The number of H-pyrrole nitrogens is 1. The van der Waals surface area contributed by atoms with E-state index in [0.29, 0.717) is 12.2 Å². The number of nitrogens with one attached hydrogen (secondary N) is 1. The van der Waals surface area contributed by atoms with Crippen molar-refractivity contribution in [3.05, 3.63) is 11.6 Å². The van der Waals surface area contributed by atoms with Gasteiger partial charge in [-0.15, -0.1) is 0 Å². The van der Waals surface area contributed by atoms with E-state index in [1.807, 2.05) is 6.92 Å². The van der Waals surface area contributed by atoms with Gasteiger partial charge in [-0.3, -0.25) is 5.10 Å². The molecule has 2 rings (SSSR count). The third-order valence-corrected chi connectivity index (χ3v) is 4.25. The molecule has 1 aliphatic rings. The lowest BCUT2D eigenvalue weighted by Gasteiger charge is -1.98. The molecule has 1 aromatic rings. The fourth-order valence-corrected chi connectivity index (χ4v) is 3.39. The maximum Gasteiger partial charge on any atom is 0.154 e. The topological polar surface area (TPSA) is 75.7 Å². The molecule has 1 saturated heterocycles. The number of aromatic amines is 1. The number of hydrogen-bond donors (Lipinski definition) is 1. The Labute approximate surface area is 82.9 Å². The second kappa shape index (κ2) is 3.34. The molecule has 6 heteroatoms. The summed E-state index contributed by atoms with van der Waals surface area (Å²) in [5.74, 6) is 1.95. The number of hydrogen-bond acceptors (Lipinski definition) is 4. The number of nitrogens with zero attached hydrogens (tertiary/aromatic N) is 2. The van der Waals surface area contributed by atoms with E-state index in [1.54, 1.807) is 0 Å². The van der Waals surface area contributed by atoms with Crippen molar-refractivity contribution in [1.29, 1.82) is 0 Å². The fraction of sp³-hybridized carbons (Fsp3) is 0.750. The number of aromatic nitrogens is 3.